The first-order chi connectivity index (χ1) is 6.22. The van der Waals surface area contributed by atoms with E-state index in [9.17, 15) is 4.39 Å². The van der Waals surface area contributed by atoms with Gasteiger partial charge in [-0.05, 0) is 19.9 Å². The Balaban J connectivity index is 2.48. The second-order valence-electron chi connectivity index (χ2n) is 2.63. The number of aromatic nitrogens is 1. The van der Waals surface area contributed by atoms with Crippen LogP contribution in [-0.2, 0) is 6.42 Å². The molecule has 1 rings (SSSR count). The fourth-order valence-electron chi connectivity index (χ4n) is 0.884. The number of halogens is 1. The molecule has 0 bridgehead atoms. The number of hydrogen-bond acceptors (Lipinski definition) is 2. The standard InChI is InChI=1S/C10H12FNS/c1-3-9(11)5-4-6-10-7-12-8(2)13-10/h3-5,7H,6H2,1-2H3/b5-4-,9-3+. The van der Waals surface area contributed by atoms with Gasteiger partial charge in [0.2, 0.25) is 0 Å². The number of thiazole rings is 1. The SMILES string of the molecule is C/C=C(F)\C=C/Cc1cnc(C)s1. The summed E-state index contributed by atoms with van der Waals surface area (Å²) in [7, 11) is 0. The van der Waals surface area contributed by atoms with Crippen LogP contribution in [0.5, 0.6) is 0 Å². The maximum atomic E-state index is 12.6. The lowest BCUT2D eigenvalue weighted by molar-refractivity contribution is 0.664. The van der Waals surface area contributed by atoms with Crippen LogP contribution in [0, 0.1) is 6.92 Å². The Kier molecular flexibility index (Phi) is 3.83. The van der Waals surface area contributed by atoms with Gasteiger partial charge in [0.1, 0.15) is 5.83 Å². The van der Waals surface area contributed by atoms with E-state index < -0.39 is 0 Å². The molecule has 70 valence electrons. The summed E-state index contributed by atoms with van der Waals surface area (Å²) in [6.07, 6.45) is 7.32. The summed E-state index contributed by atoms with van der Waals surface area (Å²) in [6, 6.07) is 0. The molecule has 0 aliphatic heterocycles. The average Bonchev–Trinajstić information content (AvgIpc) is 2.51. The molecule has 0 saturated carbocycles. The quantitative estimate of drug-likeness (QED) is 0.676. The third-order valence-electron chi connectivity index (χ3n) is 1.54. The highest BCUT2D eigenvalue weighted by atomic mass is 32.1. The van der Waals surface area contributed by atoms with Crippen LogP contribution in [0.3, 0.4) is 0 Å². The minimum atomic E-state index is -0.193. The Hall–Kier alpha value is -0.960. The molecule has 0 unspecified atom stereocenters. The lowest BCUT2D eigenvalue weighted by Crippen LogP contribution is -1.72. The zero-order valence-electron chi connectivity index (χ0n) is 7.75. The van der Waals surface area contributed by atoms with Crippen molar-refractivity contribution in [2.75, 3.05) is 0 Å². The van der Waals surface area contributed by atoms with E-state index in [4.69, 9.17) is 0 Å². The molecule has 1 nitrogen and oxygen atoms in total. The number of hydrogen-bond donors (Lipinski definition) is 0. The molecule has 0 amide bonds. The first kappa shape index (κ1) is 10.1. The summed E-state index contributed by atoms with van der Waals surface area (Å²) < 4.78 is 12.6. The first-order valence-electron chi connectivity index (χ1n) is 4.12. The van der Waals surface area contributed by atoms with Crippen LogP contribution in [0.2, 0.25) is 0 Å². The molecule has 1 aromatic heterocycles. The van der Waals surface area contributed by atoms with E-state index in [1.807, 2.05) is 19.2 Å². The normalized spacial score (nSPS) is 12.7. The van der Waals surface area contributed by atoms with Crippen LogP contribution in [0.15, 0.2) is 30.3 Å². The molecule has 0 N–H and O–H groups in total. The van der Waals surface area contributed by atoms with Crippen molar-refractivity contribution in [2.45, 2.75) is 20.3 Å². The second-order valence-corrected chi connectivity index (χ2v) is 3.94. The summed E-state index contributed by atoms with van der Waals surface area (Å²) in [6.45, 7) is 3.64. The van der Waals surface area contributed by atoms with Gasteiger partial charge in [0.05, 0.1) is 5.01 Å². The summed E-state index contributed by atoms with van der Waals surface area (Å²) >= 11 is 1.64. The van der Waals surface area contributed by atoms with Crippen LogP contribution >= 0.6 is 11.3 Å². The molecule has 0 aliphatic carbocycles. The topological polar surface area (TPSA) is 12.9 Å². The lowest BCUT2D eigenvalue weighted by Gasteiger charge is -1.86. The van der Waals surface area contributed by atoms with Crippen LogP contribution in [-0.4, -0.2) is 4.98 Å². The average molecular weight is 197 g/mol. The molecule has 0 saturated heterocycles. The van der Waals surface area contributed by atoms with Gasteiger partial charge in [-0.2, -0.15) is 0 Å². The molecule has 0 spiro atoms. The van der Waals surface area contributed by atoms with Gasteiger partial charge >= 0.3 is 0 Å². The van der Waals surface area contributed by atoms with Gasteiger partial charge in [0.15, 0.2) is 0 Å². The van der Waals surface area contributed by atoms with E-state index in [0.29, 0.717) is 0 Å². The van der Waals surface area contributed by atoms with Crippen molar-refractivity contribution in [2.24, 2.45) is 0 Å². The number of rotatable bonds is 3. The Morgan fingerprint density at radius 1 is 1.69 bits per heavy atom. The minimum absolute atomic E-state index is 0.193. The monoisotopic (exact) mass is 197 g/mol. The van der Waals surface area contributed by atoms with E-state index in [-0.39, 0.29) is 5.83 Å². The van der Waals surface area contributed by atoms with Crippen molar-refractivity contribution >= 4 is 11.3 Å². The molecular weight excluding hydrogens is 185 g/mol. The molecule has 1 aromatic rings. The number of aryl methyl sites for hydroxylation is 1. The van der Waals surface area contributed by atoms with Crippen LogP contribution < -0.4 is 0 Å². The van der Waals surface area contributed by atoms with Gasteiger partial charge in [-0.15, -0.1) is 11.3 Å². The Bertz CT molecular complexity index is 325. The molecule has 13 heavy (non-hydrogen) atoms. The smallest absolute Gasteiger partial charge is 0.118 e. The zero-order chi connectivity index (χ0) is 9.68. The first-order valence-corrected chi connectivity index (χ1v) is 4.93. The highest BCUT2D eigenvalue weighted by Crippen LogP contribution is 2.12. The third-order valence-corrected chi connectivity index (χ3v) is 2.48. The molecule has 3 heteroatoms. The molecule has 0 fully saturated rings. The fraction of sp³-hybridized carbons (Fsp3) is 0.300. The molecule has 0 radical (unpaired) electrons. The van der Waals surface area contributed by atoms with Crippen molar-refractivity contribution in [3.8, 4) is 0 Å². The summed E-state index contributed by atoms with van der Waals surface area (Å²) in [5.41, 5.74) is 0. The Morgan fingerprint density at radius 2 is 2.46 bits per heavy atom. The molecular formula is C10H12FNS. The summed E-state index contributed by atoms with van der Waals surface area (Å²) in [5.74, 6) is -0.193. The van der Waals surface area contributed by atoms with E-state index in [1.165, 1.54) is 12.2 Å². The maximum absolute atomic E-state index is 12.6. The molecule has 0 aliphatic rings. The predicted molar refractivity (Wildman–Crippen MR) is 54.6 cm³/mol. The van der Waals surface area contributed by atoms with Gasteiger partial charge in [0.25, 0.3) is 0 Å². The largest absolute Gasteiger partial charge is 0.250 e. The highest BCUT2D eigenvalue weighted by molar-refractivity contribution is 7.11. The Labute approximate surface area is 81.6 Å². The lowest BCUT2D eigenvalue weighted by atomic mass is 10.3. The minimum Gasteiger partial charge on any atom is -0.250 e. The number of nitrogens with zero attached hydrogens (tertiary/aromatic N) is 1. The molecule has 0 aromatic carbocycles. The zero-order valence-corrected chi connectivity index (χ0v) is 8.57. The van der Waals surface area contributed by atoms with E-state index in [0.717, 1.165) is 16.3 Å². The molecule has 0 atom stereocenters. The maximum Gasteiger partial charge on any atom is 0.118 e. The Morgan fingerprint density at radius 3 is 3.00 bits per heavy atom. The van der Waals surface area contributed by atoms with Crippen LogP contribution in [0.1, 0.15) is 16.8 Å². The van der Waals surface area contributed by atoms with Gasteiger partial charge in [-0.25, -0.2) is 9.37 Å². The second kappa shape index (κ2) is 4.92. The van der Waals surface area contributed by atoms with Gasteiger partial charge in [-0.1, -0.05) is 12.2 Å². The predicted octanol–water partition coefficient (Wildman–Crippen LogP) is 3.42. The van der Waals surface area contributed by atoms with Crippen molar-refractivity contribution in [1.82, 2.24) is 4.98 Å². The highest BCUT2D eigenvalue weighted by Gasteiger charge is 1.94. The van der Waals surface area contributed by atoms with Gasteiger partial charge in [-0.3, -0.25) is 0 Å². The van der Waals surface area contributed by atoms with Gasteiger partial charge < -0.3 is 0 Å². The van der Waals surface area contributed by atoms with E-state index in [2.05, 4.69) is 4.98 Å². The fourth-order valence-corrected chi connectivity index (χ4v) is 1.65. The van der Waals surface area contributed by atoms with E-state index >= 15 is 0 Å². The van der Waals surface area contributed by atoms with Crippen molar-refractivity contribution < 1.29 is 4.39 Å². The summed E-state index contributed by atoms with van der Waals surface area (Å²) in [4.78, 5) is 5.28. The van der Waals surface area contributed by atoms with Crippen LogP contribution in [0.25, 0.3) is 0 Å². The summed E-state index contributed by atoms with van der Waals surface area (Å²) in [5, 5.41) is 1.05. The van der Waals surface area contributed by atoms with E-state index in [1.54, 1.807) is 18.3 Å². The van der Waals surface area contributed by atoms with Gasteiger partial charge in [0, 0.05) is 17.5 Å². The van der Waals surface area contributed by atoms with Crippen molar-refractivity contribution in [3.05, 3.63) is 40.1 Å². The third kappa shape index (κ3) is 3.51. The molecule has 1 heterocycles. The van der Waals surface area contributed by atoms with Crippen molar-refractivity contribution in [1.29, 1.82) is 0 Å². The number of allylic oxidation sites excluding steroid dienone is 4. The van der Waals surface area contributed by atoms with Crippen LogP contribution in [0.4, 0.5) is 4.39 Å². The van der Waals surface area contributed by atoms with Crippen molar-refractivity contribution in [3.63, 3.8) is 0 Å².